The van der Waals surface area contributed by atoms with Crippen LogP contribution < -0.4 is 4.31 Å². The van der Waals surface area contributed by atoms with Gasteiger partial charge in [0.1, 0.15) is 0 Å². The molecule has 3 aromatic carbocycles. The smallest absolute Gasteiger partial charge is 0.263 e. The second-order valence-corrected chi connectivity index (χ2v) is 8.54. The monoisotopic (exact) mass is 391 g/mol. The Bertz CT molecular complexity index is 995. The number of hydrogen-bond acceptors (Lipinski definition) is 2. The maximum Gasteiger partial charge on any atom is 0.264 e. The molecule has 144 valence electrons. The van der Waals surface area contributed by atoms with Crippen molar-refractivity contribution >= 4 is 15.7 Å². The number of allylic oxidation sites excluding steroid dienone is 1. The predicted octanol–water partition coefficient (Wildman–Crippen LogP) is 5.38. The first kappa shape index (κ1) is 19.9. The maximum absolute atomic E-state index is 13.2. The van der Waals surface area contributed by atoms with E-state index in [1.165, 1.54) is 9.87 Å². The molecule has 0 aromatic heterocycles. The quantitative estimate of drug-likeness (QED) is 0.484. The number of benzene rings is 3. The van der Waals surface area contributed by atoms with Gasteiger partial charge in [-0.2, -0.15) is 0 Å². The summed E-state index contributed by atoms with van der Waals surface area (Å²) >= 11 is 0. The van der Waals surface area contributed by atoms with E-state index in [2.05, 4.69) is 12.1 Å². The van der Waals surface area contributed by atoms with Gasteiger partial charge in [-0.15, -0.1) is 0 Å². The Morgan fingerprint density at radius 3 is 2.04 bits per heavy atom. The molecule has 0 saturated heterocycles. The standard InChI is InChI=1S/C24H25NO2S/c1-21-16-18-24(19-17-21)28(26,27)25(23-14-8-3-9-15-23)20-10-4-7-13-22-11-5-2-6-12-22/h2-6,8-12,14-19H,7,13,20H2,1H3/b10-4-. The van der Waals surface area contributed by atoms with Crippen molar-refractivity contribution in [2.24, 2.45) is 0 Å². The van der Waals surface area contributed by atoms with Gasteiger partial charge in [0.25, 0.3) is 10.0 Å². The van der Waals surface area contributed by atoms with Crippen molar-refractivity contribution in [2.75, 3.05) is 10.8 Å². The molecule has 0 radical (unpaired) electrons. The van der Waals surface area contributed by atoms with Gasteiger partial charge >= 0.3 is 0 Å². The van der Waals surface area contributed by atoms with Crippen molar-refractivity contribution in [1.29, 1.82) is 0 Å². The minimum Gasteiger partial charge on any atom is -0.263 e. The molecule has 0 heterocycles. The van der Waals surface area contributed by atoms with Gasteiger partial charge < -0.3 is 0 Å². The van der Waals surface area contributed by atoms with E-state index in [0.717, 1.165) is 18.4 Å². The number of rotatable bonds is 8. The van der Waals surface area contributed by atoms with Gasteiger partial charge in [0, 0.05) is 0 Å². The number of anilines is 1. The van der Waals surface area contributed by atoms with Crippen LogP contribution in [-0.2, 0) is 16.4 Å². The fraction of sp³-hybridized carbons (Fsp3) is 0.167. The highest BCUT2D eigenvalue weighted by Crippen LogP contribution is 2.23. The van der Waals surface area contributed by atoms with E-state index in [0.29, 0.717) is 17.1 Å². The molecule has 0 unspecified atom stereocenters. The summed E-state index contributed by atoms with van der Waals surface area (Å²) in [6, 6.07) is 26.5. The molecule has 0 aliphatic carbocycles. The molecule has 0 spiro atoms. The Morgan fingerprint density at radius 1 is 0.786 bits per heavy atom. The molecule has 3 rings (SSSR count). The highest BCUT2D eigenvalue weighted by molar-refractivity contribution is 7.92. The van der Waals surface area contributed by atoms with E-state index >= 15 is 0 Å². The lowest BCUT2D eigenvalue weighted by Crippen LogP contribution is -2.31. The molecule has 0 N–H and O–H groups in total. The summed E-state index contributed by atoms with van der Waals surface area (Å²) in [5.41, 5.74) is 2.97. The van der Waals surface area contributed by atoms with Crippen molar-refractivity contribution in [3.8, 4) is 0 Å². The summed E-state index contributed by atoms with van der Waals surface area (Å²) in [6.07, 6.45) is 5.79. The normalized spacial score (nSPS) is 11.6. The van der Waals surface area contributed by atoms with Gasteiger partial charge in [-0.3, -0.25) is 4.31 Å². The molecule has 0 atom stereocenters. The zero-order chi connectivity index (χ0) is 19.8. The van der Waals surface area contributed by atoms with Gasteiger partial charge in [0.15, 0.2) is 0 Å². The number of para-hydroxylation sites is 1. The Hall–Kier alpha value is -2.85. The Labute approximate surface area is 168 Å². The molecule has 28 heavy (non-hydrogen) atoms. The molecule has 0 aliphatic heterocycles. The molecule has 3 nitrogen and oxygen atoms in total. The lowest BCUT2D eigenvalue weighted by molar-refractivity contribution is 0.593. The largest absolute Gasteiger partial charge is 0.264 e. The van der Waals surface area contributed by atoms with Crippen LogP contribution in [0.3, 0.4) is 0 Å². The van der Waals surface area contributed by atoms with Crippen LogP contribution in [-0.4, -0.2) is 15.0 Å². The summed E-state index contributed by atoms with van der Waals surface area (Å²) in [5, 5.41) is 0. The van der Waals surface area contributed by atoms with Gasteiger partial charge in [0.05, 0.1) is 17.1 Å². The third-order valence-corrected chi connectivity index (χ3v) is 6.34. The minimum absolute atomic E-state index is 0.301. The van der Waals surface area contributed by atoms with Crippen LogP contribution in [0.15, 0.2) is 102 Å². The zero-order valence-corrected chi connectivity index (χ0v) is 16.8. The summed E-state index contributed by atoms with van der Waals surface area (Å²) < 4.78 is 27.9. The predicted molar refractivity (Wildman–Crippen MR) is 116 cm³/mol. The van der Waals surface area contributed by atoms with Crippen LogP contribution in [0, 0.1) is 6.92 Å². The number of hydrogen-bond donors (Lipinski definition) is 0. The Kier molecular flexibility index (Phi) is 6.66. The zero-order valence-electron chi connectivity index (χ0n) is 16.0. The second-order valence-electron chi connectivity index (χ2n) is 6.68. The molecule has 0 bridgehead atoms. The lowest BCUT2D eigenvalue weighted by Gasteiger charge is -2.23. The van der Waals surface area contributed by atoms with E-state index < -0.39 is 10.0 Å². The van der Waals surface area contributed by atoms with Crippen molar-refractivity contribution in [3.63, 3.8) is 0 Å². The second kappa shape index (κ2) is 9.38. The first-order chi connectivity index (χ1) is 13.6. The molecule has 0 aliphatic rings. The van der Waals surface area contributed by atoms with Crippen LogP contribution in [0.1, 0.15) is 17.5 Å². The van der Waals surface area contributed by atoms with Crippen LogP contribution in [0.4, 0.5) is 5.69 Å². The third-order valence-electron chi connectivity index (χ3n) is 4.53. The highest BCUT2D eigenvalue weighted by atomic mass is 32.2. The topological polar surface area (TPSA) is 37.4 Å². The summed E-state index contributed by atoms with van der Waals surface area (Å²) in [4.78, 5) is 0.305. The molecule has 0 amide bonds. The minimum atomic E-state index is -3.63. The molecular formula is C24H25NO2S. The summed E-state index contributed by atoms with van der Waals surface area (Å²) in [6.45, 7) is 2.25. The average Bonchev–Trinajstić information content (AvgIpc) is 2.72. The van der Waals surface area contributed by atoms with Crippen molar-refractivity contribution in [1.82, 2.24) is 0 Å². The van der Waals surface area contributed by atoms with Gasteiger partial charge in [-0.25, -0.2) is 8.42 Å². The SMILES string of the molecule is Cc1ccc(S(=O)(=O)N(C/C=C\CCc2ccccc2)c2ccccc2)cc1. The lowest BCUT2D eigenvalue weighted by atomic mass is 10.1. The Balaban J connectivity index is 1.76. The maximum atomic E-state index is 13.2. The fourth-order valence-corrected chi connectivity index (χ4v) is 4.37. The third kappa shape index (κ3) is 5.11. The number of aryl methyl sites for hydroxylation is 2. The van der Waals surface area contributed by atoms with E-state index in [1.54, 1.807) is 12.1 Å². The van der Waals surface area contributed by atoms with E-state index in [1.807, 2.05) is 79.7 Å². The fourth-order valence-electron chi connectivity index (χ4n) is 2.96. The van der Waals surface area contributed by atoms with Gasteiger partial charge in [-0.05, 0) is 49.6 Å². The van der Waals surface area contributed by atoms with Gasteiger partial charge in [0.2, 0.25) is 0 Å². The van der Waals surface area contributed by atoms with Gasteiger partial charge in [-0.1, -0.05) is 78.4 Å². The van der Waals surface area contributed by atoms with Crippen LogP contribution >= 0.6 is 0 Å². The highest BCUT2D eigenvalue weighted by Gasteiger charge is 2.23. The van der Waals surface area contributed by atoms with E-state index in [4.69, 9.17) is 0 Å². The van der Waals surface area contributed by atoms with E-state index in [-0.39, 0.29) is 0 Å². The molecule has 3 aromatic rings. The number of nitrogens with zero attached hydrogens (tertiary/aromatic N) is 1. The Morgan fingerprint density at radius 2 is 1.39 bits per heavy atom. The summed E-state index contributed by atoms with van der Waals surface area (Å²) in [7, 11) is -3.63. The van der Waals surface area contributed by atoms with Crippen molar-refractivity contribution < 1.29 is 8.42 Å². The number of sulfonamides is 1. The van der Waals surface area contributed by atoms with Crippen LogP contribution in [0.25, 0.3) is 0 Å². The van der Waals surface area contributed by atoms with E-state index in [9.17, 15) is 8.42 Å². The van der Waals surface area contributed by atoms with Crippen molar-refractivity contribution in [3.05, 3.63) is 108 Å². The van der Waals surface area contributed by atoms with Crippen molar-refractivity contribution in [2.45, 2.75) is 24.7 Å². The first-order valence-corrected chi connectivity index (χ1v) is 10.8. The summed E-state index contributed by atoms with van der Waals surface area (Å²) in [5.74, 6) is 0. The average molecular weight is 392 g/mol. The molecule has 0 saturated carbocycles. The van der Waals surface area contributed by atoms with Crippen LogP contribution in [0.5, 0.6) is 0 Å². The molecule has 0 fully saturated rings. The van der Waals surface area contributed by atoms with Crippen LogP contribution in [0.2, 0.25) is 0 Å². The molecular weight excluding hydrogens is 366 g/mol. The molecule has 4 heteroatoms. The first-order valence-electron chi connectivity index (χ1n) is 9.41.